The molecule has 1 atom stereocenters. The van der Waals surface area contributed by atoms with Crippen molar-refractivity contribution in [1.29, 1.82) is 0 Å². The summed E-state index contributed by atoms with van der Waals surface area (Å²) in [5.41, 5.74) is 0. The Bertz CT molecular complexity index is 288. The van der Waals surface area contributed by atoms with E-state index in [-0.39, 0.29) is 37.4 Å². The number of esters is 1. The lowest BCUT2D eigenvalue weighted by Gasteiger charge is -2.14. The highest BCUT2D eigenvalue weighted by atomic mass is 16.5. The molecule has 0 saturated heterocycles. The van der Waals surface area contributed by atoms with Crippen molar-refractivity contribution in [3.05, 3.63) is 0 Å². The Morgan fingerprint density at radius 2 is 1.76 bits per heavy atom. The minimum atomic E-state index is -1.02. The Morgan fingerprint density at radius 1 is 1.18 bits per heavy atom. The monoisotopic (exact) mass is 245 g/mol. The molecule has 98 valence electrons. The summed E-state index contributed by atoms with van der Waals surface area (Å²) in [6, 6.07) is 0. The first-order valence-electron chi connectivity index (χ1n) is 5.52. The van der Waals surface area contributed by atoms with Crippen molar-refractivity contribution in [1.82, 2.24) is 5.32 Å². The van der Waals surface area contributed by atoms with Crippen LogP contribution in [0.2, 0.25) is 0 Å². The Hall–Kier alpha value is -1.59. The van der Waals surface area contributed by atoms with Crippen molar-refractivity contribution in [2.45, 2.75) is 39.7 Å². The van der Waals surface area contributed by atoms with Crippen molar-refractivity contribution in [2.24, 2.45) is 5.92 Å². The quantitative estimate of drug-likeness (QED) is 0.639. The van der Waals surface area contributed by atoms with E-state index in [1.54, 1.807) is 20.8 Å². The van der Waals surface area contributed by atoms with Crippen LogP contribution < -0.4 is 5.32 Å². The van der Waals surface area contributed by atoms with Crippen molar-refractivity contribution >= 4 is 17.8 Å². The van der Waals surface area contributed by atoms with Crippen LogP contribution in [0.15, 0.2) is 0 Å². The van der Waals surface area contributed by atoms with Crippen LogP contribution in [-0.4, -0.2) is 35.6 Å². The minimum Gasteiger partial charge on any atom is -0.481 e. The smallest absolute Gasteiger partial charge is 0.310 e. The van der Waals surface area contributed by atoms with Gasteiger partial charge in [-0.15, -0.1) is 0 Å². The number of carboxylic acids is 1. The van der Waals surface area contributed by atoms with Crippen molar-refractivity contribution in [3.63, 3.8) is 0 Å². The molecule has 0 aliphatic heterocycles. The summed E-state index contributed by atoms with van der Waals surface area (Å²) in [5.74, 6) is -2.21. The SMILES string of the molecule is CC(C)OC(=O)C(C)CNC(=O)CCC(=O)O. The largest absolute Gasteiger partial charge is 0.481 e. The van der Waals surface area contributed by atoms with Gasteiger partial charge in [-0.25, -0.2) is 0 Å². The molecule has 0 heterocycles. The van der Waals surface area contributed by atoms with Crippen molar-refractivity contribution in [3.8, 4) is 0 Å². The third kappa shape index (κ3) is 8.24. The van der Waals surface area contributed by atoms with E-state index >= 15 is 0 Å². The van der Waals surface area contributed by atoms with Crippen LogP contribution in [-0.2, 0) is 19.1 Å². The number of aliphatic carboxylic acids is 1. The zero-order valence-electron chi connectivity index (χ0n) is 10.4. The van der Waals surface area contributed by atoms with Gasteiger partial charge in [0.05, 0.1) is 18.4 Å². The molecule has 6 nitrogen and oxygen atoms in total. The first-order chi connectivity index (χ1) is 7.82. The molecule has 6 heteroatoms. The van der Waals surface area contributed by atoms with E-state index < -0.39 is 11.9 Å². The van der Waals surface area contributed by atoms with Crippen LogP contribution >= 0.6 is 0 Å². The van der Waals surface area contributed by atoms with Gasteiger partial charge in [0.1, 0.15) is 0 Å². The van der Waals surface area contributed by atoms with E-state index in [4.69, 9.17) is 9.84 Å². The lowest BCUT2D eigenvalue weighted by Crippen LogP contribution is -2.33. The number of hydrogen-bond acceptors (Lipinski definition) is 4. The summed E-state index contributed by atoms with van der Waals surface area (Å²) in [6.07, 6.45) is -0.481. The van der Waals surface area contributed by atoms with Gasteiger partial charge in [-0.05, 0) is 13.8 Å². The fourth-order valence-electron chi connectivity index (χ4n) is 1.01. The predicted molar refractivity (Wildman–Crippen MR) is 60.3 cm³/mol. The third-order valence-electron chi connectivity index (χ3n) is 1.93. The molecule has 0 fully saturated rings. The highest BCUT2D eigenvalue weighted by Gasteiger charge is 2.16. The molecule has 0 aromatic rings. The second-order valence-electron chi connectivity index (χ2n) is 4.08. The lowest BCUT2D eigenvalue weighted by molar-refractivity contribution is -0.151. The molecule has 1 amide bonds. The summed E-state index contributed by atoms with van der Waals surface area (Å²) in [6.45, 7) is 5.29. The summed E-state index contributed by atoms with van der Waals surface area (Å²) >= 11 is 0. The van der Waals surface area contributed by atoms with Gasteiger partial charge in [-0.2, -0.15) is 0 Å². The van der Waals surface area contributed by atoms with Crippen LogP contribution in [0.5, 0.6) is 0 Å². The standard InChI is InChI=1S/C11H19NO5/c1-7(2)17-11(16)8(3)6-12-9(13)4-5-10(14)15/h7-8H,4-6H2,1-3H3,(H,12,13)(H,14,15). The number of amides is 1. The van der Waals surface area contributed by atoms with Crippen molar-refractivity contribution in [2.75, 3.05) is 6.54 Å². The number of carbonyl (C=O) groups is 3. The lowest BCUT2D eigenvalue weighted by atomic mass is 10.2. The molecular weight excluding hydrogens is 226 g/mol. The van der Waals surface area contributed by atoms with Crippen LogP contribution in [0.1, 0.15) is 33.6 Å². The molecule has 0 rings (SSSR count). The van der Waals surface area contributed by atoms with Gasteiger partial charge in [0.15, 0.2) is 0 Å². The van der Waals surface area contributed by atoms with Gasteiger partial charge in [-0.3, -0.25) is 14.4 Å². The topological polar surface area (TPSA) is 92.7 Å². The molecule has 0 aliphatic rings. The van der Waals surface area contributed by atoms with Gasteiger partial charge in [0.2, 0.25) is 5.91 Å². The van der Waals surface area contributed by atoms with E-state index in [9.17, 15) is 14.4 Å². The molecule has 0 saturated carbocycles. The maximum Gasteiger partial charge on any atom is 0.310 e. The van der Waals surface area contributed by atoms with E-state index in [2.05, 4.69) is 5.32 Å². The molecular formula is C11H19NO5. The van der Waals surface area contributed by atoms with Crippen molar-refractivity contribution < 1.29 is 24.2 Å². The minimum absolute atomic E-state index is 0.0821. The fraction of sp³-hybridized carbons (Fsp3) is 0.727. The highest BCUT2D eigenvalue weighted by molar-refractivity contribution is 5.81. The number of rotatable bonds is 7. The highest BCUT2D eigenvalue weighted by Crippen LogP contribution is 2.00. The number of hydrogen-bond donors (Lipinski definition) is 2. The number of nitrogens with one attached hydrogen (secondary N) is 1. The maximum atomic E-state index is 11.4. The summed E-state index contributed by atoms with van der Waals surface area (Å²) in [4.78, 5) is 32.8. The molecule has 0 radical (unpaired) electrons. The Balaban J connectivity index is 3.83. The molecule has 17 heavy (non-hydrogen) atoms. The zero-order valence-corrected chi connectivity index (χ0v) is 10.4. The molecule has 2 N–H and O–H groups in total. The second kappa shape index (κ2) is 7.65. The molecule has 0 spiro atoms. The molecule has 0 aromatic carbocycles. The number of ether oxygens (including phenoxy) is 1. The van der Waals surface area contributed by atoms with Gasteiger partial charge in [-0.1, -0.05) is 6.92 Å². The van der Waals surface area contributed by atoms with Crippen LogP contribution in [0.3, 0.4) is 0 Å². The Morgan fingerprint density at radius 3 is 2.24 bits per heavy atom. The summed E-state index contributed by atoms with van der Waals surface area (Å²) < 4.78 is 4.96. The van der Waals surface area contributed by atoms with E-state index in [1.165, 1.54) is 0 Å². The van der Waals surface area contributed by atoms with Gasteiger partial charge in [0, 0.05) is 13.0 Å². The first-order valence-corrected chi connectivity index (χ1v) is 5.52. The molecule has 0 aromatic heterocycles. The van der Waals surface area contributed by atoms with Crippen LogP contribution in [0, 0.1) is 5.92 Å². The molecule has 0 bridgehead atoms. The molecule has 0 aliphatic carbocycles. The average molecular weight is 245 g/mol. The Labute approximate surface area is 100 Å². The van der Waals surface area contributed by atoms with Gasteiger partial charge >= 0.3 is 11.9 Å². The summed E-state index contributed by atoms with van der Waals surface area (Å²) in [5, 5.41) is 10.9. The second-order valence-corrected chi connectivity index (χ2v) is 4.08. The molecule has 1 unspecified atom stereocenters. The number of carboxylic acid groups (broad SMARTS) is 1. The zero-order chi connectivity index (χ0) is 13.4. The first kappa shape index (κ1) is 15.4. The van der Waals surface area contributed by atoms with Crippen LogP contribution in [0.25, 0.3) is 0 Å². The normalized spacial score (nSPS) is 12.0. The fourth-order valence-corrected chi connectivity index (χ4v) is 1.01. The maximum absolute atomic E-state index is 11.4. The third-order valence-corrected chi connectivity index (χ3v) is 1.93. The average Bonchev–Trinajstić information content (AvgIpc) is 2.21. The van der Waals surface area contributed by atoms with E-state index in [1.807, 2.05) is 0 Å². The van der Waals surface area contributed by atoms with E-state index in [0.717, 1.165) is 0 Å². The Kier molecular flexibility index (Phi) is 6.93. The van der Waals surface area contributed by atoms with Gasteiger partial charge < -0.3 is 15.2 Å². The van der Waals surface area contributed by atoms with Gasteiger partial charge in [0.25, 0.3) is 0 Å². The summed E-state index contributed by atoms with van der Waals surface area (Å²) in [7, 11) is 0. The predicted octanol–water partition coefficient (Wildman–Crippen LogP) is 0.555. The van der Waals surface area contributed by atoms with E-state index in [0.29, 0.717) is 0 Å². The number of carbonyl (C=O) groups excluding carboxylic acids is 2. The van der Waals surface area contributed by atoms with Crippen LogP contribution in [0.4, 0.5) is 0 Å².